The zero-order chi connectivity index (χ0) is 8.43. The van der Waals surface area contributed by atoms with E-state index in [-0.39, 0.29) is 23.9 Å². The number of rotatable bonds is 1. The van der Waals surface area contributed by atoms with Crippen LogP contribution >= 0.6 is 0 Å². The second kappa shape index (κ2) is 1.65. The molecule has 0 aliphatic rings. The first-order chi connectivity index (χ1) is 5.15. The van der Waals surface area contributed by atoms with Crippen molar-refractivity contribution in [1.82, 2.24) is 0 Å². The van der Waals surface area contributed by atoms with Crippen LogP contribution in [0.1, 0.15) is 4.11 Å². The summed E-state index contributed by atoms with van der Waals surface area (Å²) in [5.74, 6) is -0.110. The summed E-state index contributed by atoms with van der Waals surface area (Å²) in [5, 5.41) is 4.02. The second-order valence-electron chi connectivity index (χ2n) is 1.07. The van der Waals surface area contributed by atoms with E-state index in [2.05, 4.69) is 5.11 Å². The summed E-state index contributed by atoms with van der Waals surface area (Å²) in [4.78, 5) is 0. The molecule has 36 valence electrons. The van der Waals surface area contributed by atoms with Crippen molar-refractivity contribution in [2.45, 2.75) is 0 Å². The fourth-order valence-corrected chi connectivity index (χ4v) is 0.298. The third-order valence-corrected chi connectivity index (χ3v) is 0.573. The quantitative estimate of drug-likeness (QED) is 0.562. The number of hydrogen-bond donors (Lipinski definition) is 1. The fraction of sp³-hybridized carbons (Fsp3) is 0. The fourth-order valence-electron chi connectivity index (χ4n) is 0.298. The van der Waals surface area contributed by atoms with Crippen LogP contribution in [0.5, 0.6) is 5.75 Å². The molecule has 0 radical (unpaired) electrons. The van der Waals surface area contributed by atoms with Crippen molar-refractivity contribution in [1.29, 1.82) is 1.43 Å². The molecule has 0 spiro atoms. The first kappa shape index (κ1) is 1.51. The molecule has 1 nitrogen and oxygen atoms in total. The van der Waals surface area contributed by atoms with Crippen LogP contribution in [0.25, 0.3) is 0 Å². The minimum absolute atomic E-state index is 0.0841. The predicted molar refractivity (Wildman–Crippen MR) is 28.1 cm³/mol. The van der Waals surface area contributed by atoms with Gasteiger partial charge in [0, 0.05) is 0 Å². The summed E-state index contributed by atoms with van der Waals surface area (Å²) in [7, 11) is 0. The van der Waals surface area contributed by atoms with E-state index >= 15 is 0 Å². The molecule has 0 aliphatic carbocycles. The van der Waals surface area contributed by atoms with Crippen molar-refractivity contribution in [3.05, 3.63) is 30.3 Å². The topological polar surface area (TPSA) is 20.2 Å². The van der Waals surface area contributed by atoms with Crippen LogP contribution in [-0.2, 0) is 0 Å². The lowest BCUT2D eigenvalue weighted by molar-refractivity contribution is 0.475. The van der Waals surface area contributed by atoms with Crippen molar-refractivity contribution in [3.8, 4) is 5.75 Å². The van der Waals surface area contributed by atoms with Gasteiger partial charge in [0.2, 0.25) is 0 Å². The number of benzene rings is 1. The van der Waals surface area contributed by atoms with Crippen LogP contribution in [0, 0.1) is 0 Å². The average molecular weight is 98.1 g/mol. The van der Waals surface area contributed by atoms with E-state index in [0.717, 1.165) is 0 Å². The number of hydrogen-bond acceptors (Lipinski definition) is 1. The normalized spacial score (nSPS) is 16.0. The Kier molecular flexibility index (Phi) is 0.355. The Labute approximate surface area is 47.9 Å². The zero-order valence-electron chi connectivity index (χ0n) is 7.56. The van der Waals surface area contributed by atoms with Gasteiger partial charge in [0.05, 0.1) is 4.11 Å². The Morgan fingerprint density at radius 3 is 2.86 bits per heavy atom. The SMILES string of the molecule is [2H]Oc1c([2H])cc([2H])cc1[2H]. The molecule has 0 heterocycles. The van der Waals surface area contributed by atoms with Crippen molar-refractivity contribution in [2.75, 3.05) is 0 Å². The van der Waals surface area contributed by atoms with Gasteiger partial charge in [-0.1, -0.05) is 18.2 Å². The molecule has 1 aromatic rings. The van der Waals surface area contributed by atoms with Gasteiger partial charge in [-0.05, 0) is 12.1 Å². The number of phenolic OH excluding ortho intramolecular Hbond substituents is 1. The lowest BCUT2D eigenvalue weighted by Crippen LogP contribution is -1.56. The van der Waals surface area contributed by atoms with Gasteiger partial charge in [-0.3, -0.25) is 0 Å². The van der Waals surface area contributed by atoms with Crippen LogP contribution < -0.4 is 0 Å². The second-order valence-corrected chi connectivity index (χ2v) is 1.07. The van der Waals surface area contributed by atoms with E-state index < -0.39 is 0 Å². The molecule has 1 rings (SSSR count). The Bertz CT molecular complexity index is 250. The van der Waals surface area contributed by atoms with Gasteiger partial charge >= 0.3 is 0 Å². The highest BCUT2D eigenvalue weighted by Crippen LogP contribution is 2.02. The molecular weight excluding hydrogens is 88.1 g/mol. The maximum absolute atomic E-state index is 7.17. The molecule has 1 N–H and O–H groups in total. The molecule has 0 unspecified atom stereocenters. The highest BCUT2D eigenvalue weighted by molar-refractivity contribution is 5.18. The summed E-state index contributed by atoms with van der Waals surface area (Å²) in [5.41, 5.74) is 0. The van der Waals surface area contributed by atoms with Gasteiger partial charge in [-0.15, -0.1) is 0 Å². The van der Waals surface area contributed by atoms with E-state index in [1.165, 1.54) is 12.1 Å². The summed E-state index contributed by atoms with van der Waals surface area (Å²) in [6, 6.07) is 2.33. The first-order valence-corrected chi connectivity index (χ1v) is 1.86. The molecular formula is C6H6O. The number of aromatic hydroxyl groups is 1. The third kappa shape index (κ3) is 0.929. The van der Waals surface area contributed by atoms with E-state index in [1.807, 2.05) is 0 Å². The lowest BCUT2D eigenvalue weighted by atomic mass is 10.3. The van der Waals surface area contributed by atoms with Gasteiger partial charge in [0.15, 0.2) is 0 Å². The highest BCUT2D eigenvalue weighted by Gasteiger charge is 1.74. The Morgan fingerprint density at radius 1 is 1.57 bits per heavy atom. The molecule has 0 fully saturated rings. The molecule has 0 atom stereocenters. The Morgan fingerprint density at radius 2 is 2.29 bits per heavy atom. The zero-order valence-corrected chi connectivity index (χ0v) is 3.56. The van der Waals surface area contributed by atoms with Crippen molar-refractivity contribution in [3.63, 3.8) is 0 Å². The lowest BCUT2D eigenvalue weighted by Gasteiger charge is -1.82. The van der Waals surface area contributed by atoms with Gasteiger partial charge < -0.3 is 5.11 Å². The smallest absolute Gasteiger partial charge is 0.293 e. The summed E-state index contributed by atoms with van der Waals surface area (Å²) in [6.07, 6.45) is 0. The van der Waals surface area contributed by atoms with Crippen LogP contribution in [0.4, 0.5) is 0 Å². The highest BCUT2D eigenvalue weighted by atomic mass is 16.3. The molecule has 0 aromatic heterocycles. The summed E-state index contributed by atoms with van der Waals surface area (Å²) in [6.45, 7) is 0. The molecule has 0 amide bonds. The molecule has 0 aliphatic heterocycles. The standard InChI is InChI=1S/C6H6O/c7-6-4-2-1-3-5-6/h1-5,7H/i1D,4D,5D/hD. The van der Waals surface area contributed by atoms with E-state index in [9.17, 15) is 0 Å². The first-order valence-electron chi connectivity index (χ1n) is 3.77. The van der Waals surface area contributed by atoms with E-state index in [4.69, 9.17) is 5.54 Å². The minimum Gasteiger partial charge on any atom is -0.508 e. The molecule has 0 saturated heterocycles. The van der Waals surface area contributed by atoms with E-state index in [1.54, 1.807) is 0 Å². The van der Waals surface area contributed by atoms with Crippen molar-refractivity contribution < 1.29 is 9.22 Å². The Hall–Kier alpha value is -0.980. The average Bonchev–Trinajstić information content (AvgIpc) is 1.85. The van der Waals surface area contributed by atoms with Gasteiger partial charge in [-0.25, -0.2) is 0 Å². The van der Waals surface area contributed by atoms with Crippen LogP contribution in [-0.4, -0.2) is 6.54 Å². The maximum atomic E-state index is 7.17. The predicted octanol–water partition coefficient (Wildman–Crippen LogP) is 1.39. The van der Waals surface area contributed by atoms with Gasteiger partial charge in [0.1, 0.15) is 5.75 Å². The number of para-hydroxylation sites is 1. The van der Waals surface area contributed by atoms with Crippen molar-refractivity contribution in [2.24, 2.45) is 0 Å². The van der Waals surface area contributed by atoms with Crippen LogP contribution in [0.15, 0.2) is 30.3 Å². The molecule has 7 heavy (non-hydrogen) atoms. The largest absolute Gasteiger partial charge is 0.508 e. The third-order valence-electron chi connectivity index (χ3n) is 0.573. The van der Waals surface area contributed by atoms with Gasteiger partial charge in [0.25, 0.3) is 1.43 Å². The summed E-state index contributed by atoms with van der Waals surface area (Å²) < 4.78 is 27.9. The monoisotopic (exact) mass is 98.1 g/mol. The molecule has 0 bridgehead atoms. The minimum atomic E-state index is -0.110. The molecule has 1 aromatic carbocycles. The molecule has 0 saturated carbocycles. The van der Waals surface area contributed by atoms with E-state index in [0.29, 0.717) is 0 Å². The summed E-state index contributed by atoms with van der Waals surface area (Å²) >= 11 is 0. The molecule has 1 heteroatoms. The Balaban J connectivity index is 3.25. The van der Waals surface area contributed by atoms with Crippen molar-refractivity contribution >= 4 is 0 Å². The van der Waals surface area contributed by atoms with Gasteiger partial charge in [-0.2, -0.15) is 0 Å². The maximum Gasteiger partial charge on any atom is 0.293 e. The van der Waals surface area contributed by atoms with Crippen LogP contribution in [0.2, 0.25) is 0 Å². The number of phenols is 1. The van der Waals surface area contributed by atoms with Crippen LogP contribution in [0.3, 0.4) is 0 Å².